The van der Waals surface area contributed by atoms with E-state index < -0.39 is 25.1 Å². The van der Waals surface area contributed by atoms with Gasteiger partial charge in [0.15, 0.2) is 11.2 Å². The molecule has 0 fully saturated rings. The molecule has 12 nitrogen and oxygen atoms in total. The second-order valence-electron chi connectivity index (χ2n) is 13.6. The van der Waals surface area contributed by atoms with Gasteiger partial charge in [-0.25, -0.2) is 4.98 Å². The summed E-state index contributed by atoms with van der Waals surface area (Å²) in [4.78, 5) is 33.0. The predicted molar refractivity (Wildman–Crippen MR) is 199 cm³/mol. The SMILES string of the molecule is CCCCCCCCCCCCCCCCCCOC[C@](C)(COP(=O)(O)COCCn1cnc2c(=O)[nH]c(N)nc21)OCc1ccccc1. The Morgan fingerprint density at radius 2 is 1.46 bits per heavy atom. The van der Waals surface area contributed by atoms with E-state index in [1.165, 1.54) is 96.2 Å². The van der Waals surface area contributed by atoms with E-state index in [0.29, 0.717) is 18.9 Å². The monoisotopic (exact) mass is 719 g/mol. The van der Waals surface area contributed by atoms with E-state index in [0.717, 1.165) is 18.4 Å². The maximum Gasteiger partial charge on any atom is 0.353 e. The van der Waals surface area contributed by atoms with Crippen LogP contribution >= 0.6 is 7.60 Å². The highest BCUT2D eigenvalue weighted by Crippen LogP contribution is 2.43. The number of hydrogen-bond donors (Lipinski definition) is 3. The second kappa shape index (κ2) is 23.8. The highest BCUT2D eigenvalue weighted by molar-refractivity contribution is 7.52. The molecule has 0 aliphatic carbocycles. The Bertz CT molecular complexity index is 1440. The molecule has 1 aromatic carbocycles. The summed E-state index contributed by atoms with van der Waals surface area (Å²) in [6.07, 6.45) is 22.0. The van der Waals surface area contributed by atoms with Crippen molar-refractivity contribution in [3.05, 3.63) is 52.6 Å². The summed E-state index contributed by atoms with van der Waals surface area (Å²) in [6.45, 7) is 5.40. The smallest absolute Gasteiger partial charge is 0.353 e. The minimum Gasteiger partial charge on any atom is -0.378 e. The average molecular weight is 720 g/mol. The number of nitrogens with two attached hydrogens (primary N) is 1. The van der Waals surface area contributed by atoms with Gasteiger partial charge in [-0.05, 0) is 18.9 Å². The number of benzene rings is 1. The zero-order valence-corrected chi connectivity index (χ0v) is 31.4. The van der Waals surface area contributed by atoms with Gasteiger partial charge >= 0.3 is 7.60 Å². The van der Waals surface area contributed by atoms with Crippen LogP contribution in [0.4, 0.5) is 5.95 Å². The first kappa shape index (κ1) is 41.8. The van der Waals surface area contributed by atoms with E-state index >= 15 is 0 Å². The number of unbranched alkanes of at least 4 members (excludes halogenated alkanes) is 15. The molecular formula is C37H62N5O7P. The van der Waals surface area contributed by atoms with Crippen LogP contribution in [0.1, 0.15) is 122 Å². The minimum absolute atomic E-state index is 0.0232. The molecule has 3 aromatic rings. The molecule has 0 bridgehead atoms. The van der Waals surface area contributed by atoms with Crippen LogP contribution in [0.25, 0.3) is 11.2 Å². The van der Waals surface area contributed by atoms with Crippen molar-refractivity contribution < 1.29 is 28.2 Å². The molecule has 0 spiro atoms. The number of anilines is 1. The summed E-state index contributed by atoms with van der Waals surface area (Å²) in [5.41, 5.74) is 5.71. The van der Waals surface area contributed by atoms with Gasteiger partial charge in [-0.15, -0.1) is 0 Å². The Morgan fingerprint density at radius 1 is 0.860 bits per heavy atom. The van der Waals surface area contributed by atoms with Crippen LogP contribution in [0.5, 0.6) is 0 Å². The van der Waals surface area contributed by atoms with Gasteiger partial charge in [-0.1, -0.05) is 134 Å². The number of nitrogen functional groups attached to an aromatic ring is 1. The number of aromatic nitrogens is 4. The van der Waals surface area contributed by atoms with E-state index in [9.17, 15) is 14.3 Å². The van der Waals surface area contributed by atoms with Gasteiger partial charge in [0.2, 0.25) is 5.95 Å². The third-order valence-corrected chi connectivity index (χ3v) is 9.82. The van der Waals surface area contributed by atoms with E-state index in [1.807, 2.05) is 37.3 Å². The second-order valence-corrected chi connectivity index (χ2v) is 15.4. The molecule has 0 radical (unpaired) electrons. The number of aromatic amines is 1. The first-order chi connectivity index (χ1) is 24.2. The number of imidazole rings is 1. The largest absolute Gasteiger partial charge is 0.378 e. The summed E-state index contributed by atoms with van der Waals surface area (Å²) >= 11 is 0. The fourth-order valence-electron chi connectivity index (χ4n) is 5.75. The lowest BCUT2D eigenvalue weighted by atomic mass is 10.0. The summed E-state index contributed by atoms with van der Waals surface area (Å²) in [7, 11) is -4.11. The first-order valence-corrected chi connectivity index (χ1v) is 20.5. The van der Waals surface area contributed by atoms with Crippen molar-refractivity contribution >= 4 is 24.7 Å². The summed E-state index contributed by atoms with van der Waals surface area (Å²) < 4.78 is 37.6. The highest BCUT2D eigenvalue weighted by atomic mass is 31.2. The quantitative estimate of drug-likeness (QED) is 0.0453. The third kappa shape index (κ3) is 17.1. The number of ether oxygens (including phenoxy) is 3. The van der Waals surface area contributed by atoms with Crippen LogP contribution in [0.15, 0.2) is 41.5 Å². The van der Waals surface area contributed by atoms with Crippen molar-refractivity contribution in [3.8, 4) is 0 Å². The lowest BCUT2D eigenvalue weighted by molar-refractivity contribution is -0.116. The molecule has 4 N–H and O–H groups in total. The lowest BCUT2D eigenvalue weighted by Gasteiger charge is -2.30. The summed E-state index contributed by atoms with van der Waals surface area (Å²) in [5, 5.41) is 0. The molecule has 13 heteroatoms. The number of fused-ring (bicyclic) bond motifs is 1. The predicted octanol–water partition coefficient (Wildman–Crippen LogP) is 8.13. The van der Waals surface area contributed by atoms with Crippen molar-refractivity contribution in [3.63, 3.8) is 0 Å². The van der Waals surface area contributed by atoms with Crippen molar-refractivity contribution in [1.29, 1.82) is 0 Å². The Balaban J connectivity index is 1.30. The molecule has 0 saturated heterocycles. The van der Waals surface area contributed by atoms with Gasteiger partial charge in [-0.2, -0.15) is 4.98 Å². The van der Waals surface area contributed by atoms with Gasteiger partial charge in [0.1, 0.15) is 11.9 Å². The molecule has 1 unspecified atom stereocenters. The van der Waals surface area contributed by atoms with Crippen LogP contribution in [0, 0.1) is 0 Å². The van der Waals surface area contributed by atoms with Crippen LogP contribution in [0.3, 0.4) is 0 Å². The van der Waals surface area contributed by atoms with Gasteiger partial charge < -0.3 is 33.9 Å². The molecule has 0 aliphatic heterocycles. The van der Waals surface area contributed by atoms with Crippen LogP contribution in [0.2, 0.25) is 0 Å². The standard InChI is InChI=1S/C37H62N5O7P/c1-3-4-5-6-7-8-9-10-11-12-13-14-15-16-17-21-25-46-28-37(2,48-27-32-22-19-18-20-23-32)29-49-50(44,45)31-47-26-24-42-30-39-33-34(42)40-36(38)41-35(33)43/h18-20,22-23,30H,3-17,21,24-29,31H2,1-2H3,(H,44,45)(H3,38,40,41,43)/t37-/m1/s1. The van der Waals surface area contributed by atoms with E-state index in [4.69, 9.17) is 24.5 Å². The molecule has 0 aliphatic rings. The molecular weight excluding hydrogens is 657 g/mol. The van der Waals surface area contributed by atoms with E-state index in [-0.39, 0.29) is 37.8 Å². The number of rotatable bonds is 30. The average Bonchev–Trinajstić information content (AvgIpc) is 3.51. The van der Waals surface area contributed by atoms with Crippen LogP contribution < -0.4 is 11.3 Å². The zero-order valence-electron chi connectivity index (χ0n) is 30.5. The maximum absolute atomic E-state index is 12.9. The number of hydrogen-bond acceptors (Lipinski definition) is 9. The normalized spacial score (nSPS) is 14.2. The van der Waals surface area contributed by atoms with Gasteiger partial charge in [0.25, 0.3) is 5.56 Å². The molecule has 50 heavy (non-hydrogen) atoms. The van der Waals surface area contributed by atoms with Crippen LogP contribution in [-0.4, -0.2) is 62.8 Å². The molecule has 2 heterocycles. The Kier molecular flexibility index (Phi) is 19.9. The Morgan fingerprint density at radius 3 is 2.08 bits per heavy atom. The molecule has 2 aromatic heterocycles. The van der Waals surface area contributed by atoms with Crippen molar-refractivity contribution in [2.45, 2.75) is 135 Å². The Hall–Kier alpha value is -2.60. The van der Waals surface area contributed by atoms with E-state index in [2.05, 4.69) is 21.9 Å². The number of H-pyrrole nitrogens is 1. The van der Waals surface area contributed by atoms with Crippen molar-refractivity contribution in [1.82, 2.24) is 19.5 Å². The van der Waals surface area contributed by atoms with Gasteiger partial charge in [0, 0.05) is 13.2 Å². The van der Waals surface area contributed by atoms with Crippen LogP contribution in [-0.2, 0) is 36.5 Å². The fourth-order valence-corrected chi connectivity index (χ4v) is 6.66. The molecule has 282 valence electrons. The minimum atomic E-state index is -4.11. The lowest BCUT2D eigenvalue weighted by Crippen LogP contribution is -2.39. The first-order valence-electron chi connectivity index (χ1n) is 18.7. The van der Waals surface area contributed by atoms with Gasteiger partial charge in [0.05, 0.1) is 32.8 Å². The summed E-state index contributed by atoms with van der Waals surface area (Å²) in [6, 6.07) is 9.75. The third-order valence-electron chi connectivity index (χ3n) is 8.78. The number of nitrogens with one attached hydrogen (secondary N) is 1. The maximum atomic E-state index is 12.9. The van der Waals surface area contributed by atoms with Crippen molar-refractivity contribution in [2.75, 3.05) is 38.5 Å². The zero-order chi connectivity index (χ0) is 35.9. The topological polar surface area (TPSA) is 164 Å². The van der Waals surface area contributed by atoms with E-state index in [1.54, 1.807) is 4.57 Å². The Labute approximate surface area is 298 Å². The van der Waals surface area contributed by atoms with Crippen molar-refractivity contribution in [2.24, 2.45) is 0 Å². The summed E-state index contributed by atoms with van der Waals surface area (Å²) in [5.74, 6) is -0.0232. The number of nitrogens with zero attached hydrogens (tertiary/aromatic N) is 3. The fraction of sp³-hybridized carbons (Fsp3) is 0.703. The molecule has 2 atom stereocenters. The molecule has 3 rings (SSSR count). The molecule has 0 amide bonds. The van der Waals surface area contributed by atoms with Gasteiger partial charge in [-0.3, -0.25) is 14.3 Å². The highest BCUT2D eigenvalue weighted by Gasteiger charge is 2.31. The molecule has 0 saturated carbocycles.